The van der Waals surface area contributed by atoms with Gasteiger partial charge in [-0.15, -0.1) is 13.2 Å². The average Bonchev–Trinajstić information content (AvgIpc) is 2.14. The summed E-state index contributed by atoms with van der Waals surface area (Å²) in [4.78, 5) is 3.55. The van der Waals surface area contributed by atoms with Crippen LogP contribution in [0.5, 0.6) is 11.6 Å². The Morgan fingerprint density at radius 2 is 2.12 bits per heavy atom. The number of ether oxygens (including phenoxy) is 2. The van der Waals surface area contributed by atoms with Crippen molar-refractivity contribution in [3.05, 3.63) is 15.3 Å². The van der Waals surface area contributed by atoms with Crippen molar-refractivity contribution in [2.45, 2.75) is 13.0 Å². The molecule has 0 atom stereocenters. The Kier molecular flexibility index (Phi) is 4.19. The molecule has 0 bridgehead atoms. The predicted octanol–water partition coefficient (Wildman–Crippen LogP) is 2.09. The third kappa shape index (κ3) is 3.37. The maximum absolute atomic E-state index is 12.0. The monoisotopic (exact) mass is 349 g/mol. The maximum Gasteiger partial charge on any atom is 0.574 e. The van der Waals surface area contributed by atoms with Gasteiger partial charge in [-0.2, -0.15) is 0 Å². The van der Waals surface area contributed by atoms with Crippen LogP contribution in [0.4, 0.5) is 13.2 Å². The van der Waals surface area contributed by atoms with Crippen LogP contribution in [0, 0.1) is 3.70 Å². The molecule has 8 heteroatoms. The number of hydrogen-bond donors (Lipinski definition) is 1. The normalized spacial score (nSPS) is 11.4. The summed E-state index contributed by atoms with van der Waals surface area (Å²) < 4.78 is 44.8. The van der Waals surface area contributed by atoms with Crippen LogP contribution in [0.2, 0.25) is 0 Å². The van der Waals surface area contributed by atoms with E-state index in [1.807, 2.05) is 0 Å². The minimum absolute atomic E-state index is 0.182. The summed E-state index contributed by atoms with van der Waals surface area (Å²) in [5.74, 6) is -0.925. The molecule has 1 N–H and O–H groups in total. The van der Waals surface area contributed by atoms with E-state index < -0.39 is 18.8 Å². The molecule has 1 aromatic rings. The number of alkyl halides is 3. The zero-order chi connectivity index (χ0) is 12.3. The number of aliphatic hydroxyl groups is 1. The van der Waals surface area contributed by atoms with Gasteiger partial charge in [-0.25, -0.2) is 4.98 Å². The smallest absolute Gasteiger partial charge is 0.491 e. The van der Waals surface area contributed by atoms with E-state index >= 15 is 0 Å². The maximum atomic E-state index is 12.0. The first kappa shape index (κ1) is 13.3. The van der Waals surface area contributed by atoms with Crippen molar-refractivity contribution in [2.75, 3.05) is 7.11 Å². The number of methoxy groups -OCH3 is 1. The van der Waals surface area contributed by atoms with E-state index in [1.54, 1.807) is 22.6 Å². The second-order valence-corrected chi connectivity index (χ2v) is 3.75. The molecule has 1 heterocycles. The quantitative estimate of drug-likeness (QED) is 0.671. The van der Waals surface area contributed by atoms with Gasteiger partial charge in [-0.05, 0) is 28.7 Å². The molecule has 0 radical (unpaired) electrons. The largest absolute Gasteiger partial charge is 0.574 e. The molecule has 0 unspecified atom stereocenters. The molecule has 0 amide bonds. The predicted molar refractivity (Wildman–Crippen MR) is 56.1 cm³/mol. The van der Waals surface area contributed by atoms with Gasteiger partial charge in [0.25, 0.3) is 5.88 Å². The molecule has 0 fully saturated rings. The van der Waals surface area contributed by atoms with E-state index in [1.165, 1.54) is 13.2 Å². The van der Waals surface area contributed by atoms with Crippen LogP contribution in [0.25, 0.3) is 0 Å². The zero-order valence-electron chi connectivity index (χ0n) is 8.01. The highest BCUT2D eigenvalue weighted by Crippen LogP contribution is 2.34. The highest BCUT2D eigenvalue weighted by molar-refractivity contribution is 14.1. The summed E-state index contributed by atoms with van der Waals surface area (Å²) in [5.41, 5.74) is 0.182. The van der Waals surface area contributed by atoms with Gasteiger partial charge < -0.3 is 14.6 Å². The van der Waals surface area contributed by atoms with Gasteiger partial charge >= 0.3 is 6.36 Å². The Labute approximate surface area is 103 Å². The van der Waals surface area contributed by atoms with Crippen molar-refractivity contribution in [3.63, 3.8) is 0 Å². The van der Waals surface area contributed by atoms with Gasteiger partial charge in [0.15, 0.2) is 5.75 Å². The Balaban J connectivity index is 3.20. The second-order valence-electron chi connectivity index (χ2n) is 2.65. The first-order chi connectivity index (χ1) is 7.37. The molecule has 1 rings (SSSR count). The van der Waals surface area contributed by atoms with E-state index in [2.05, 4.69) is 9.72 Å². The van der Waals surface area contributed by atoms with Gasteiger partial charge in [0.2, 0.25) is 0 Å². The fraction of sp³-hybridized carbons (Fsp3) is 0.375. The molecular weight excluding hydrogens is 342 g/mol. The van der Waals surface area contributed by atoms with Crippen molar-refractivity contribution in [2.24, 2.45) is 0 Å². The zero-order valence-corrected chi connectivity index (χ0v) is 10.2. The molecule has 4 nitrogen and oxygen atoms in total. The number of nitrogens with zero attached hydrogens (tertiary/aromatic N) is 1. The highest BCUT2D eigenvalue weighted by Gasteiger charge is 2.34. The average molecular weight is 349 g/mol. The van der Waals surface area contributed by atoms with Crippen LogP contribution in [-0.2, 0) is 6.61 Å². The van der Waals surface area contributed by atoms with Crippen LogP contribution in [0.15, 0.2) is 6.07 Å². The molecule has 1 aromatic heterocycles. The van der Waals surface area contributed by atoms with Crippen LogP contribution in [0.1, 0.15) is 5.56 Å². The molecule has 0 spiro atoms. The van der Waals surface area contributed by atoms with E-state index in [-0.39, 0.29) is 15.0 Å². The molecule has 16 heavy (non-hydrogen) atoms. The van der Waals surface area contributed by atoms with Crippen molar-refractivity contribution < 1.29 is 27.8 Å². The fourth-order valence-corrected chi connectivity index (χ4v) is 1.64. The molecule has 0 saturated carbocycles. The van der Waals surface area contributed by atoms with E-state index in [0.717, 1.165) is 0 Å². The lowest BCUT2D eigenvalue weighted by Crippen LogP contribution is -2.19. The molecule has 0 saturated heterocycles. The number of aromatic nitrogens is 1. The fourth-order valence-electron chi connectivity index (χ4n) is 1.04. The van der Waals surface area contributed by atoms with Crippen LogP contribution in [-0.4, -0.2) is 23.6 Å². The minimum Gasteiger partial charge on any atom is -0.491 e. The lowest BCUT2D eigenvalue weighted by Gasteiger charge is -2.14. The third-order valence-corrected chi connectivity index (χ3v) is 2.13. The molecular formula is C8H7F3INO3. The van der Waals surface area contributed by atoms with Gasteiger partial charge in [0.1, 0.15) is 3.70 Å². The number of aliphatic hydroxyl groups excluding tert-OH is 1. The summed E-state index contributed by atoms with van der Waals surface area (Å²) >= 11 is 1.71. The minimum atomic E-state index is -4.85. The number of halogens is 4. The molecule has 0 aliphatic carbocycles. The van der Waals surface area contributed by atoms with Crippen LogP contribution >= 0.6 is 22.6 Å². The molecule has 90 valence electrons. The number of rotatable bonds is 3. The van der Waals surface area contributed by atoms with Crippen LogP contribution < -0.4 is 9.47 Å². The highest BCUT2D eigenvalue weighted by atomic mass is 127. The lowest BCUT2D eigenvalue weighted by atomic mass is 10.2. The second kappa shape index (κ2) is 5.04. The Morgan fingerprint density at radius 1 is 1.50 bits per heavy atom. The van der Waals surface area contributed by atoms with Crippen molar-refractivity contribution in [3.8, 4) is 11.6 Å². The number of hydrogen-bond acceptors (Lipinski definition) is 4. The van der Waals surface area contributed by atoms with Gasteiger partial charge in [0.05, 0.1) is 13.7 Å². The SMILES string of the molecule is COc1c(CO)cc(I)nc1OC(F)(F)F. The topological polar surface area (TPSA) is 51.6 Å². The van der Waals surface area contributed by atoms with Crippen molar-refractivity contribution in [1.82, 2.24) is 4.98 Å². The Bertz CT molecular complexity index is 384. The van der Waals surface area contributed by atoms with Crippen molar-refractivity contribution >= 4 is 22.6 Å². The summed E-state index contributed by atoms with van der Waals surface area (Å²) in [7, 11) is 1.17. The summed E-state index contributed by atoms with van der Waals surface area (Å²) in [6.07, 6.45) is -4.85. The lowest BCUT2D eigenvalue weighted by molar-refractivity contribution is -0.276. The van der Waals surface area contributed by atoms with Crippen molar-refractivity contribution in [1.29, 1.82) is 0 Å². The standard InChI is InChI=1S/C8H7F3INO3/c1-15-6-4(3-14)2-5(12)13-7(6)16-8(9,10)11/h2,14H,3H2,1H3. The molecule has 0 aliphatic rings. The van der Waals surface area contributed by atoms with Gasteiger partial charge in [-0.1, -0.05) is 0 Å². The number of pyridine rings is 1. The van der Waals surface area contributed by atoms with E-state index in [9.17, 15) is 13.2 Å². The Hall–Kier alpha value is -0.770. The molecule has 0 aliphatic heterocycles. The molecule has 0 aromatic carbocycles. The summed E-state index contributed by atoms with van der Waals surface area (Å²) in [6.45, 7) is -0.462. The Morgan fingerprint density at radius 3 is 2.56 bits per heavy atom. The van der Waals surface area contributed by atoms with Crippen LogP contribution in [0.3, 0.4) is 0 Å². The van der Waals surface area contributed by atoms with Gasteiger partial charge in [-0.3, -0.25) is 0 Å². The van der Waals surface area contributed by atoms with Gasteiger partial charge in [0, 0.05) is 5.56 Å². The summed E-state index contributed by atoms with van der Waals surface area (Å²) in [5, 5.41) is 8.95. The van der Waals surface area contributed by atoms with E-state index in [0.29, 0.717) is 0 Å². The third-order valence-electron chi connectivity index (χ3n) is 1.57. The summed E-state index contributed by atoms with van der Waals surface area (Å²) in [6, 6.07) is 1.41. The van der Waals surface area contributed by atoms with E-state index in [4.69, 9.17) is 9.84 Å². The first-order valence-electron chi connectivity index (χ1n) is 3.97. The first-order valence-corrected chi connectivity index (χ1v) is 5.05.